The summed E-state index contributed by atoms with van der Waals surface area (Å²) < 4.78 is 0. The topological polar surface area (TPSA) is 66.7 Å². The van der Waals surface area contributed by atoms with Crippen LogP contribution in [0.4, 0.5) is 5.69 Å². The minimum Gasteiger partial charge on any atom is -0.337 e. The van der Waals surface area contributed by atoms with Crippen molar-refractivity contribution in [2.45, 2.75) is 25.3 Å². The predicted octanol–water partition coefficient (Wildman–Crippen LogP) is 3.43. The summed E-state index contributed by atoms with van der Waals surface area (Å²) in [4.78, 5) is 27.9. The van der Waals surface area contributed by atoms with Crippen LogP contribution in [0.25, 0.3) is 0 Å². The maximum atomic E-state index is 13.0. The highest BCUT2D eigenvalue weighted by Gasteiger charge is 2.26. The fourth-order valence-electron chi connectivity index (χ4n) is 3.64. The molecule has 1 saturated heterocycles. The minimum atomic E-state index is -0.429. The molecule has 0 radical (unpaired) electrons. The minimum absolute atomic E-state index is 0.00458. The van der Waals surface area contributed by atoms with Gasteiger partial charge in [0.15, 0.2) is 0 Å². The first-order valence-corrected chi connectivity index (χ1v) is 9.31. The molecule has 1 amide bonds. The van der Waals surface area contributed by atoms with Gasteiger partial charge in [0.25, 0.3) is 5.69 Å². The lowest BCUT2D eigenvalue weighted by molar-refractivity contribution is -0.385. The van der Waals surface area contributed by atoms with Crippen molar-refractivity contribution in [1.82, 2.24) is 9.80 Å². The second-order valence-electron chi connectivity index (χ2n) is 7.00. The molecule has 1 atom stereocenters. The number of nitrogens with zero attached hydrogens (tertiary/aromatic N) is 3. The van der Waals surface area contributed by atoms with Gasteiger partial charge in [0.05, 0.1) is 17.4 Å². The molecule has 0 bridgehead atoms. The number of rotatable bonds is 7. The summed E-state index contributed by atoms with van der Waals surface area (Å²) in [6.07, 6.45) is 2.40. The number of amides is 1. The van der Waals surface area contributed by atoms with Gasteiger partial charge in [-0.2, -0.15) is 0 Å². The number of nitro groups is 1. The van der Waals surface area contributed by atoms with E-state index in [1.54, 1.807) is 30.1 Å². The standard InChI is InChI=1S/C21H25N3O3/c1-22(21(25)15-18-11-5-6-12-19(18)24(26)27)20(16-23-13-7-8-14-23)17-9-3-2-4-10-17/h2-6,9-12,20H,7-8,13-16H2,1H3. The SMILES string of the molecule is CN(C(=O)Cc1ccccc1[N+](=O)[O-])C(CN1CCCC1)c1ccccc1. The molecule has 6 heteroatoms. The molecule has 142 valence electrons. The van der Waals surface area contributed by atoms with Crippen molar-refractivity contribution < 1.29 is 9.72 Å². The van der Waals surface area contributed by atoms with Gasteiger partial charge in [-0.1, -0.05) is 48.5 Å². The zero-order valence-electron chi connectivity index (χ0n) is 15.6. The molecule has 27 heavy (non-hydrogen) atoms. The third-order valence-corrected chi connectivity index (χ3v) is 5.21. The molecular formula is C21H25N3O3. The number of hydrogen-bond donors (Lipinski definition) is 0. The van der Waals surface area contributed by atoms with Gasteiger partial charge in [-0.3, -0.25) is 14.9 Å². The van der Waals surface area contributed by atoms with E-state index < -0.39 is 4.92 Å². The molecular weight excluding hydrogens is 342 g/mol. The largest absolute Gasteiger partial charge is 0.337 e. The molecule has 1 heterocycles. The number of carbonyl (C=O) groups is 1. The summed E-state index contributed by atoms with van der Waals surface area (Å²) in [6, 6.07) is 16.4. The fraction of sp³-hybridized carbons (Fsp3) is 0.381. The normalized spacial score (nSPS) is 15.4. The van der Waals surface area contributed by atoms with Gasteiger partial charge in [0, 0.05) is 25.2 Å². The summed E-state index contributed by atoms with van der Waals surface area (Å²) in [5, 5.41) is 11.2. The first-order chi connectivity index (χ1) is 13.1. The van der Waals surface area contributed by atoms with Crippen LogP contribution in [0.5, 0.6) is 0 Å². The Kier molecular flexibility index (Phi) is 6.19. The molecule has 2 aromatic carbocycles. The average molecular weight is 367 g/mol. The quantitative estimate of drug-likeness (QED) is 0.555. The van der Waals surface area contributed by atoms with E-state index in [9.17, 15) is 14.9 Å². The first kappa shape index (κ1) is 19.0. The monoisotopic (exact) mass is 367 g/mol. The number of nitro benzene ring substituents is 1. The van der Waals surface area contributed by atoms with Gasteiger partial charge in [-0.15, -0.1) is 0 Å². The molecule has 0 saturated carbocycles. The highest BCUT2D eigenvalue weighted by molar-refractivity contribution is 5.80. The Labute approximate surface area is 159 Å². The first-order valence-electron chi connectivity index (χ1n) is 9.31. The van der Waals surface area contributed by atoms with Crippen LogP contribution >= 0.6 is 0 Å². The lowest BCUT2D eigenvalue weighted by Gasteiger charge is -2.32. The maximum absolute atomic E-state index is 13.0. The Morgan fingerprint density at radius 2 is 1.74 bits per heavy atom. The van der Waals surface area contributed by atoms with Crippen molar-refractivity contribution in [3.8, 4) is 0 Å². The molecule has 0 spiro atoms. The van der Waals surface area contributed by atoms with Crippen molar-refractivity contribution >= 4 is 11.6 Å². The lowest BCUT2D eigenvalue weighted by Crippen LogP contribution is -2.39. The van der Waals surface area contributed by atoms with Gasteiger partial charge in [-0.25, -0.2) is 0 Å². The summed E-state index contributed by atoms with van der Waals surface area (Å²) in [5.74, 6) is -0.114. The number of hydrogen-bond acceptors (Lipinski definition) is 4. The van der Waals surface area contributed by atoms with Crippen molar-refractivity contribution in [2.24, 2.45) is 0 Å². The van der Waals surface area contributed by atoms with Gasteiger partial charge in [0.1, 0.15) is 0 Å². The van der Waals surface area contributed by atoms with E-state index in [1.807, 2.05) is 30.3 Å². The van der Waals surface area contributed by atoms with Crippen LogP contribution in [0.1, 0.15) is 30.0 Å². The van der Waals surface area contributed by atoms with Crippen LogP contribution in [-0.2, 0) is 11.2 Å². The second-order valence-corrected chi connectivity index (χ2v) is 7.00. The molecule has 2 aromatic rings. The van der Waals surface area contributed by atoms with Crippen LogP contribution in [-0.4, -0.2) is 47.3 Å². The highest BCUT2D eigenvalue weighted by Crippen LogP contribution is 2.25. The Hall–Kier alpha value is -2.73. The zero-order valence-corrected chi connectivity index (χ0v) is 15.6. The molecule has 6 nitrogen and oxygen atoms in total. The summed E-state index contributed by atoms with van der Waals surface area (Å²) >= 11 is 0. The predicted molar refractivity (Wildman–Crippen MR) is 104 cm³/mol. The molecule has 1 unspecified atom stereocenters. The summed E-state index contributed by atoms with van der Waals surface area (Å²) in [6.45, 7) is 2.88. The van der Waals surface area contributed by atoms with Gasteiger partial charge in [0.2, 0.25) is 5.91 Å². The van der Waals surface area contributed by atoms with Crippen molar-refractivity contribution in [2.75, 3.05) is 26.7 Å². The van der Waals surface area contributed by atoms with Gasteiger partial charge < -0.3 is 9.80 Å². The highest BCUT2D eigenvalue weighted by atomic mass is 16.6. The number of benzene rings is 2. The second kappa shape index (κ2) is 8.77. The van der Waals surface area contributed by atoms with E-state index in [4.69, 9.17) is 0 Å². The smallest absolute Gasteiger partial charge is 0.273 e. The van der Waals surface area contributed by atoms with E-state index in [0.717, 1.165) is 25.2 Å². The third kappa shape index (κ3) is 4.71. The average Bonchev–Trinajstić information content (AvgIpc) is 3.20. The Bertz CT molecular complexity index is 788. The van der Waals surface area contributed by atoms with E-state index in [-0.39, 0.29) is 24.1 Å². The van der Waals surface area contributed by atoms with E-state index in [1.165, 1.54) is 18.9 Å². The van der Waals surface area contributed by atoms with Crippen LogP contribution in [0, 0.1) is 10.1 Å². The van der Waals surface area contributed by atoms with Gasteiger partial charge in [-0.05, 0) is 31.5 Å². The molecule has 1 aliphatic heterocycles. The number of carbonyl (C=O) groups excluding carboxylic acids is 1. The molecule has 1 aliphatic rings. The Balaban J connectivity index is 1.79. The number of likely N-dealkylation sites (tertiary alicyclic amines) is 1. The number of likely N-dealkylation sites (N-methyl/N-ethyl adjacent to an activating group) is 1. The Morgan fingerprint density at radius 1 is 1.11 bits per heavy atom. The number of para-hydroxylation sites is 1. The zero-order chi connectivity index (χ0) is 19.2. The van der Waals surface area contributed by atoms with Crippen molar-refractivity contribution in [3.05, 3.63) is 75.8 Å². The third-order valence-electron chi connectivity index (χ3n) is 5.21. The van der Waals surface area contributed by atoms with Crippen molar-refractivity contribution in [1.29, 1.82) is 0 Å². The lowest BCUT2D eigenvalue weighted by atomic mass is 10.0. The maximum Gasteiger partial charge on any atom is 0.273 e. The van der Waals surface area contributed by atoms with Crippen LogP contribution in [0.15, 0.2) is 54.6 Å². The van der Waals surface area contributed by atoms with Crippen molar-refractivity contribution in [3.63, 3.8) is 0 Å². The molecule has 0 aromatic heterocycles. The molecule has 1 fully saturated rings. The van der Waals surface area contributed by atoms with Crippen LogP contribution in [0.3, 0.4) is 0 Å². The Morgan fingerprint density at radius 3 is 2.41 bits per heavy atom. The summed E-state index contributed by atoms with van der Waals surface area (Å²) in [7, 11) is 1.80. The van der Waals surface area contributed by atoms with Crippen LogP contribution < -0.4 is 0 Å². The fourth-order valence-corrected chi connectivity index (χ4v) is 3.64. The van der Waals surface area contributed by atoms with Gasteiger partial charge >= 0.3 is 0 Å². The van der Waals surface area contributed by atoms with Crippen LogP contribution in [0.2, 0.25) is 0 Å². The summed E-state index contributed by atoms with van der Waals surface area (Å²) in [5.41, 5.74) is 1.53. The van der Waals surface area contributed by atoms with E-state index in [2.05, 4.69) is 4.90 Å². The molecule has 0 aliphatic carbocycles. The van der Waals surface area contributed by atoms with E-state index >= 15 is 0 Å². The molecule has 0 N–H and O–H groups in total. The van der Waals surface area contributed by atoms with E-state index in [0.29, 0.717) is 5.56 Å². The molecule has 3 rings (SSSR count).